The highest BCUT2D eigenvalue weighted by Crippen LogP contribution is 2.26. The van der Waals surface area contributed by atoms with E-state index in [9.17, 15) is 14.7 Å². The first-order valence-corrected chi connectivity index (χ1v) is 8.35. The zero-order valence-electron chi connectivity index (χ0n) is 14.0. The molecule has 0 saturated carbocycles. The molecule has 2 rings (SSSR count). The standard InChI is InChI=1S/C16H27N3O5/c1-10(21)18-15-13(17)7-11(16(22)23)8-14(15)19-4-2-3-12(9-19)24-6-5-20/h8,12-15,20H,2-7,9,17H2,1H3,(H,18,21)(H,22,23)/t12-,13-,14+,15-/m0/s1. The van der Waals surface area contributed by atoms with Crippen molar-refractivity contribution in [1.29, 1.82) is 0 Å². The summed E-state index contributed by atoms with van der Waals surface area (Å²) in [7, 11) is 0. The van der Waals surface area contributed by atoms with Crippen molar-refractivity contribution in [2.24, 2.45) is 5.73 Å². The molecule has 24 heavy (non-hydrogen) atoms. The van der Waals surface area contributed by atoms with Gasteiger partial charge in [-0.2, -0.15) is 0 Å². The maximum atomic E-state index is 11.5. The van der Waals surface area contributed by atoms with Crippen LogP contribution in [0.3, 0.4) is 0 Å². The Morgan fingerprint density at radius 2 is 2.25 bits per heavy atom. The van der Waals surface area contributed by atoms with E-state index in [1.165, 1.54) is 6.92 Å². The second kappa shape index (κ2) is 8.57. The number of nitrogens with zero attached hydrogens (tertiary/aromatic N) is 1. The average Bonchev–Trinajstić information content (AvgIpc) is 2.54. The van der Waals surface area contributed by atoms with Crippen LogP contribution in [-0.4, -0.2) is 77.5 Å². The fraction of sp³-hybridized carbons (Fsp3) is 0.750. The van der Waals surface area contributed by atoms with Gasteiger partial charge in [0, 0.05) is 25.1 Å². The molecule has 0 aromatic heterocycles. The lowest BCUT2D eigenvalue weighted by atomic mass is 9.85. The van der Waals surface area contributed by atoms with E-state index in [1.54, 1.807) is 6.08 Å². The third-order valence-corrected chi connectivity index (χ3v) is 4.58. The number of aliphatic carboxylic acids is 1. The van der Waals surface area contributed by atoms with Crippen LogP contribution in [0.25, 0.3) is 0 Å². The molecule has 1 saturated heterocycles. The number of carbonyl (C=O) groups excluding carboxylic acids is 1. The number of hydrogen-bond acceptors (Lipinski definition) is 6. The molecule has 1 aliphatic heterocycles. The largest absolute Gasteiger partial charge is 0.478 e. The Balaban J connectivity index is 2.18. The molecule has 8 nitrogen and oxygen atoms in total. The normalized spacial score (nSPS) is 31.4. The van der Waals surface area contributed by atoms with Gasteiger partial charge < -0.3 is 26.0 Å². The van der Waals surface area contributed by atoms with E-state index in [2.05, 4.69) is 10.2 Å². The molecule has 5 N–H and O–H groups in total. The molecule has 1 fully saturated rings. The molecule has 0 aromatic carbocycles. The number of carboxylic acids is 1. The van der Waals surface area contributed by atoms with Gasteiger partial charge in [0.05, 0.1) is 31.4 Å². The predicted molar refractivity (Wildman–Crippen MR) is 87.3 cm³/mol. The van der Waals surface area contributed by atoms with Crippen LogP contribution in [0.15, 0.2) is 11.6 Å². The fourth-order valence-corrected chi connectivity index (χ4v) is 3.52. The first-order valence-electron chi connectivity index (χ1n) is 8.35. The van der Waals surface area contributed by atoms with Crippen LogP contribution < -0.4 is 11.1 Å². The molecule has 2 aliphatic rings. The van der Waals surface area contributed by atoms with Gasteiger partial charge in [-0.25, -0.2) is 4.79 Å². The van der Waals surface area contributed by atoms with Crippen LogP contribution >= 0.6 is 0 Å². The van der Waals surface area contributed by atoms with Crippen molar-refractivity contribution in [2.75, 3.05) is 26.3 Å². The van der Waals surface area contributed by atoms with Crippen LogP contribution in [0.4, 0.5) is 0 Å². The highest BCUT2D eigenvalue weighted by atomic mass is 16.5. The Morgan fingerprint density at radius 1 is 1.50 bits per heavy atom. The highest BCUT2D eigenvalue weighted by Gasteiger charge is 2.38. The molecule has 0 bridgehead atoms. The molecule has 0 radical (unpaired) electrons. The number of ether oxygens (including phenoxy) is 1. The average molecular weight is 341 g/mol. The smallest absolute Gasteiger partial charge is 0.331 e. The maximum absolute atomic E-state index is 11.5. The number of hydrogen-bond donors (Lipinski definition) is 4. The number of piperidine rings is 1. The van der Waals surface area contributed by atoms with Gasteiger partial charge in [-0.3, -0.25) is 9.69 Å². The van der Waals surface area contributed by atoms with E-state index in [4.69, 9.17) is 15.6 Å². The number of aliphatic hydroxyl groups is 1. The molecule has 1 heterocycles. The van der Waals surface area contributed by atoms with Crippen molar-refractivity contribution in [1.82, 2.24) is 10.2 Å². The summed E-state index contributed by atoms with van der Waals surface area (Å²) in [4.78, 5) is 25.0. The zero-order valence-corrected chi connectivity index (χ0v) is 14.0. The zero-order chi connectivity index (χ0) is 17.7. The summed E-state index contributed by atoms with van der Waals surface area (Å²) in [6, 6.07) is -1.06. The van der Waals surface area contributed by atoms with Crippen LogP contribution in [0, 0.1) is 0 Å². The minimum Gasteiger partial charge on any atom is -0.478 e. The lowest BCUT2D eigenvalue weighted by Crippen LogP contribution is -2.62. The van der Waals surface area contributed by atoms with E-state index < -0.39 is 12.0 Å². The first-order chi connectivity index (χ1) is 11.4. The number of likely N-dealkylation sites (tertiary alicyclic amines) is 1. The van der Waals surface area contributed by atoms with Crippen molar-refractivity contribution >= 4 is 11.9 Å². The van der Waals surface area contributed by atoms with Crippen LogP contribution in [-0.2, 0) is 14.3 Å². The highest BCUT2D eigenvalue weighted by molar-refractivity contribution is 5.87. The van der Waals surface area contributed by atoms with Crippen LogP contribution in [0.2, 0.25) is 0 Å². The van der Waals surface area contributed by atoms with Gasteiger partial charge in [-0.1, -0.05) is 6.08 Å². The molecule has 0 spiro atoms. The molecule has 0 unspecified atom stereocenters. The van der Waals surface area contributed by atoms with Crippen molar-refractivity contribution in [2.45, 2.75) is 50.4 Å². The molecule has 1 amide bonds. The SMILES string of the molecule is CC(=O)N[C@@H]1[C@H](N2CCC[C@H](OCCO)C2)C=C(C(=O)O)C[C@@H]1N. The number of amides is 1. The summed E-state index contributed by atoms with van der Waals surface area (Å²) in [5.74, 6) is -1.15. The summed E-state index contributed by atoms with van der Waals surface area (Å²) < 4.78 is 5.62. The van der Waals surface area contributed by atoms with Gasteiger partial charge in [-0.05, 0) is 25.8 Å². The van der Waals surface area contributed by atoms with Crippen molar-refractivity contribution in [3.05, 3.63) is 11.6 Å². The van der Waals surface area contributed by atoms with Gasteiger partial charge >= 0.3 is 5.97 Å². The summed E-state index contributed by atoms with van der Waals surface area (Å²) in [6.45, 7) is 3.10. The Hall–Kier alpha value is -1.48. The van der Waals surface area contributed by atoms with Gasteiger partial charge in [0.2, 0.25) is 5.91 Å². The Bertz CT molecular complexity index is 496. The number of nitrogens with two attached hydrogens (primary N) is 1. The minimum absolute atomic E-state index is 0.0105. The first kappa shape index (κ1) is 18.9. The maximum Gasteiger partial charge on any atom is 0.331 e. The van der Waals surface area contributed by atoms with Crippen molar-refractivity contribution in [3.63, 3.8) is 0 Å². The van der Waals surface area contributed by atoms with Gasteiger partial charge in [-0.15, -0.1) is 0 Å². The minimum atomic E-state index is -0.971. The number of aliphatic hydroxyl groups excluding tert-OH is 1. The van der Waals surface area contributed by atoms with Crippen LogP contribution in [0.1, 0.15) is 26.2 Å². The predicted octanol–water partition coefficient (Wildman–Crippen LogP) is -0.925. The lowest BCUT2D eigenvalue weighted by Gasteiger charge is -2.44. The van der Waals surface area contributed by atoms with E-state index in [-0.39, 0.29) is 49.3 Å². The van der Waals surface area contributed by atoms with Gasteiger partial charge in [0.25, 0.3) is 0 Å². The molecule has 1 aliphatic carbocycles. The third kappa shape index (κ3) is 4.76. The second-order valence-corrected chi connectivity index (χ2v) is 6.44. The summed E-state index contributed by atoms with van der Waals surface area (Å²) in [5.41, 5.74) is 6.44. The van der Waals surface area contributed by atoms with Crippen molar-refractivity contribution < 1.29 is 24.5 Å². The number of carboxylic acid groups (broad SMARTS) is 1. The van der Waals surface area contributed by atoms with Gasteiger partial charge in [0.15, 0.2) is 0 Å². The lowest BCUT2D eigenvalue weighted by molar-refractivity contribution is -0.133. The summed E-state index contributed by atoms with van der Waals surface area (Å²) >= 11 is 0. The van der Waals surface area contributed by atoms with Gasteiger partial charge in [0.1, 0.15) is 0 Å². The third-order valence-electron chi connectivity index (χ3n) is 4.58. The Morgan fingerprint density at radius 3 is 2.88 bits per heavy atom. The molecule has 8 heteroatoms. The monoisotopic (exact) mass is 341 g/mol. The molecule has 0 aromatic rings. The van der Waals surface area contributed by atoms with Crippen molar-refractivity contribution in [3.8, 4) is 0 Å². The summed E-state index contributed by atoms with van der Waals surface area (Å²) in [6.07, 6.45) is 3.74. The second-order valence-electron chi connectivity index (χ2n) is 6.44. The number of nitrogens with one attached hydrogen (secondary N) is 1. The molecular formula is C16H27N3O5. The van der Waals surface area contributed by atoms with E-state index in [0.717, 1.165) is 19.4 Å². The summed E-state index contributed by atoms with van der Waals surface area (Å²) in [5, 5.41) is 21.1. The van der Waals surface area contributed by atoms with Crippen LogP contribution in [0.5, 0.6) is 0 Å². The number of carbonyl (C=O) groups is 2. The van der Waals surface area contributed by atoms with E-state index in [0.29, 0.717) is 6.54 Å². The molecule has 136 valence electrons. The van der Waals surface area contributed by atoms with E-state index in [1.807, 2.05) is 0 Å². The number of rotatable bonds is 6. The van der Waals surface area contributed by atoms with E-state index >= 15 is 0 Å². The fourth-order valence-electron chi connectivity index (χ4n) is 3.52. The quantitative estimate of drug-likeness (QED) is 0.492. The Labute approximate surface area is 141 Å². The Kier molecular flexibility index (Phi) is 6.73. The molecular weight excluding hydrogens is 314 g/mol. The topological polar surface area (TPSA) is 125 Å². The molecule has 4 atom stereocenters.